The van der Waals surface area contributed by atoms with Crippen molar-refractivity contribution in [3.8, 4) is 0 Å². The molecular weight excluding hydrogens is 232 g/mol. The first-order valence-corrected chi connectivity index (χ1v) is 6.43. The van der Waals surface area contributed by atoms with Gasteiger partial charge in [-0.05, 0) is 29.8 Å². The van der Waals surface area contributed by atoms with Gasteiger partial charge in [0.05, 0.1) is 5.52 Å². The number of hydrogen-bond acceptors (Lipinski definition) is 2. The zero-order valence-corrected chi connectivity index (χ0v) is 11.0. The van der Waals surface area contributed by atoms with Crippen LogP contribution in [0.2, 0.25) is 0 Å². The Hall–Kier alpha value is -2.35. The Kier molecular flexibility index (Phi) is 3.15. The maximum atomic E-state index is 4.35. The van der Waals surface area contributed by atoms with Crippen LogP contribution in [0.25, 0.3) is 10.9 Å². The Labute approximate surface area is 113 Å². The first-order valence-electron chi connectivity index (χ1n) is 6.43. The molecule has 0 amide bonds. The fourth-order valence-electron chi connectivity index (χ4n) is 2.25. The minimum atomic E-state index is 0.909. The lowest BCUT2D eigenvalue weighted by molar-refractivity contribution is 0.924. The Morgan fingerprint density at radius 1 is 0.947 bits per heavy atom. The lowest BCUT2D eigenvalue weighted by atomic mass is 10.1. The molecule has 3 aromatic rings. The van der Waals surface area contributed by atoms with Gasteiger partial charge in [0, 0.05) is 30.9 Å². The van der Waals surface area contributed by atoms with Crippen LogP contribution in [0.3, 0.4) is 0 Å². The molecule has 2 heteroatoms. The van der Waals surface area contributed by atoms with Gasteiger partial charge in [0.1, 0.15) is 0 Å². The smallest absolute Gasteiger partial charge is 0.0703 e. The van der Waals surface area contributed by atoms with Crippen LogP contribution in [0.1, 0.15) is 5.56 Å². The van der Waals surface area contributed by atoms with Crippen molar-refractivity contribution in [3.63, 3.8) is 0 Å². The summed E-state index contributed by atoms with van der Waals surface area (Å²) in [7, 11) is 2.12. The molecule has 2 aromatic carbocycles. The van der Waals surface area contributed by atoms with E-state index in [0.29, 0.717) is 0 Å². The van der Waals surface area contributed by atoms with Gasteiger partial charge in [-0.25, -0.2) is 0 Å². The van der Waals surface area contributed by atoms with Crippen molar-refractivity contribution < 1.29 is 0 Å². The van der Waals surface area contributed by atoms with Gasteiger partial charge in [0.25, 0.3) is 0 Å². The molecule has 0 spiro atoms. The number of rotatable bonds is 3. The van der Waals surface area contributed by atoms with Crippen LogP contribution in [-0.2, 0) is 6.54 Å². The summed E-state index contributed by atoms with van der Waals surface area (Å²) in [5.74, 6) is 0. The highest BCUT2D eigenvalue weighted by Crippen LogP contribution is 2.21. The van der Waals surface area contributed by atoms with Gasteiger partial charge in [-0.2, -0.15) is 0 Å². The second kappa shape index (κ2) is 5.11. The van der Waals surface area contributed by atoms with Crippen molar-refractivity contribution in [3.05, 3.63) is 72.4 Å². The highest BCUT2D eigenvalue weighted by molar-refractivity contribution is 5.82. The summed E-state index contributed by atoms with van der Waals surface area (Å²) in [5, 5.41) is 1.18. The fraction of sp³-hybridized carbons (Fsp3) is 0.118. The maximum Gasteiger partial charge on any atom is 0.0703 e. The molecule has 0 atom stereocenters. The van der Waals surface area contributed by atoms with E-state index < -0.39 is 0 Å². The number of pyridine rings is 1. The van der Waals surface area contributed by atoms with Crippen LogP contribution in [0.15, 0.2) is 66.9 Å². The summed E-state index contributed by atoms with van der Waals surface area (Å²) in [6.07, 6.45) is 1.83. The molecule has 0 fully saturated rings. The molecule has 2 nitrogen and oxygen atoms in total. The fourth-order valence-corrected chi connectivity index (χ4v) is 2.25. The zero-order chi connectivity index (χ0) is 13.1. The minimum absolute atomic E-state index is 0.909. The largest absolute Gasteiger partial charge is 0.370 e. The normalized spacial score (nSPS) is 10.6. The first kappa shape index (κ1) is 11.7. The molecule has 0 aliphatic rings. The molecule has 94 valence electrons. The van der Waals surface area contributed by atoms with E-state index in [9.17, 15) is 0 Å². The van der Waals surface area contributed by atoms with Crippen LogP contribution in [0.5, 0.6) is 0 Å². The molecule has 0 radical (unpaired) electrons. The van der Waals surface area contributed by atoms with E-state index in [0.717, 1.165) is 12.1 Å². The molecule has 0 aliphatic heterocycles. The molecule has 1 heterocycles. The quantitative estimate of drug-likeness (QED) is 0.699. The lowest BCUT2D eigenvalue weighted by Gasteiger charge is -2.19. The third-order valence-electron chi connectivity index (χ3n) is 3.29. The average Bonchev–Trinajstić information content (AvgIpc) is 2.48. The van der Waals surface area contributed by atoms with Gasteiger partial charge in [-0.15, -0.1) is 0 Å². The van der Waals surface area contributed by atoms with Crippen molar-refractivity contribution >= 4 is 16.6 Å². The predicted octanol–water partition coefficient (Wildman–Crippen LogP) is 3.87. The predicted molar refractivity (Wildman–Crippen MR) is 80.3 cm³/mol. The van der Waals surface area contributed by atoms with E-state index in [4.69, 9.17) is 0 Å². The molecule has 0 aliphatic carbocycles. The molecular formula is C17H16N2. The summed E-state index contributed by atoms with van der Waals surface area (Å²) < 4.78 is 0. The van der Waals surface area contributed by atoms with Gasteiger partial charge >= 0.3 is 0 Å². The van der Waals surface area contributed by atoms with Gasteiger partial charge in [-0.1, -0.05) is 36.4 Å². The Bertz CT molecular complexity index is 677. The second-order valence-electron chi connectivity index (χ2n) is 4.72. The minimum Gasteiger partial charge on any atom is -0.370 e. The van der Waals surface area contributed by atoms with Crippen molar-refractivity contribution in [1.29, 1.82) is 0 Å². The monoisotopic (exact) mass is 248 g/mol. The van der Waals surface area contributed by atoms with Crippen molar-refractivity contribution in [1.82, 2.24) is 4.98 Å². The maximum absolute atomic E-state index is 4.35. The van der Waals surface area contributed by atoms with Gasteiger partial charge in [0.2, 0.25) is 0 Å². The van der Waals surface area contributed by atoms with Gasteiger partial charge in [-0.3, -0.25) is 4.98 Å². The van der Waals surface area contributed by atoms with E-state index >= 15 is 0 Å². The highest BCUT2D eigenvalue weighted by Gasteiger charge is 2.03. The third-order valence-corrected chi connectivity index (χ3v) is 3.29. The Morgan fingerprint density at radius 3 is 2.63 bits per heavy atom. The number of nitrogens with zero attached hydrogens (tertiary/aromatic N) is 2. The topological polar surface area (TPSA) is 16.1 Å². The van der Waals surface area contributed by atoms with Crippen LogP contribution in [0.4, 0.5) is 5.69 Å². The number of benzene rings is 2. The van der Waals surface area contributed by atoms with Crippen molar-refractivity contribution in [2.45, 2.75) is 6.54 Å². The van der Waals surface area contributed by atoms with E-state index in [2.05, 4.69) is 65.5 Å². The summed E-state index contributed by atoms with van der Waals surface area (Å²) in [4.78, 5) is 6.60. The molecule has 0 saturated carbocycles. The van der Waals surface area contributed by atoms with Crippen molar-refractivity contribution in [2.75, 3.05) is 11.9 Å². The summed E-state index contributed by atoms with van der Waals surface area (Å²) in [6.45, 7) is 0.909. The lowest BCUT2D eigenvalue weighted by Crippen LogP contribution is -2.16. The average molecular weight is 248 g/mol. The molecule has 1 aromatic heterocycles. The number of fused-ring (bicyclic) bond motifs is 1. The van der Waals surface area contributed by atoms with E-state index in [-0.39, 0.29) is 0 Å². The molecule has 3 rings (SSSR count). The van der Waals surface area contributed by atoms with E-state index in [1.807, 2.05) is 18.3 Å². The van der Waals surface area contributed by atoms with Crippen molar-refractivity contribution in [2.24, 2.45) is 0 Å². The summed E-state index contributed by atoms with van der Waals surface area (Å²) >= 11 is 0. The van der Waals surface area contributed by atoms with Gasteiger partial charge in [0.15, 0.2) is 0 Å². The molecule has 0 N–H and O–H groups in total. The molecule has 0 saturated heterocycles. The Morgan fingerprint density at radius 2 is 1.79 bits per heavy atom. The number of anilines is 1. The summed E-state index contributed by atoms with van der Waals surface area (Å²) in [5.41, 5.74) is 3.57. The number of aromatic nitrogens is 1. The van der Waals surface area contributed by atoms with Gasteiger partial charge < -0.3 is 4.90 Å². The molecule has 19 heavy (non-hydrogen) atoms. The first-order chi connectivity index (χ1) is 9.33. The van der Waals surface area contributed by atoms with E-state index in [1.54, 1.807) is 0 Å². The van der Waals surface area contributed by atoms with E-state index in [1.165, 1.54) is 16.6 Å². The SMILES string of the molecule is CN(Cc1ccccc1)c1ccc2ncccc2c1. The molecule has 0 unspecified atom stereocenters. The Balaban J connectivity index is 1.87. The highest BCUT2D eigenvalue weighted by atomic mass is 15.1. The standard InChI is InChI=1S/C17H16N2/c1-19(13-14-6-3-2-4-7-14)16-9-10-17-15(12-16)8-5-11-18-17/h2-12H,13H2,1H3. The second-order valence-corrected chi connectivity index (χ2v) is 4.72. The van der Waals surface area contributed by atoms with Crippen LogP contribution >= 0.6 is 0 Å². The molecule has 0 bridgehead atoms. The number of hydrogen-bond donors (Lipinski definition) is 0. The van der Waals surface area contributed by atoms with Crippen LogP contribution < -0.4 is 4.90 Å². The summed E-state index contributed by atoms with van der Waals surface area (Å²) in [6, 6.07) is 21.0. The van der Waals surface area contributed by atoms with Crippen LogP contribution in [0, 0.1) is 0 Å². The third kappa shape index (κ3) is 2.58. The van der Waals surface area contributed by atoms with Crippen LogP contribution in [-0.4, -0.2) is 12.0 Å². The zero-order valence-electron chi connectivity index (χ0n) is 11.0.